The molecule has 0 amide bonds. The summed E-state index contributed by atoms with van der Waals surface area (Å²) >= 11 is 0. The van der Waals surface area contributed by atoms with E-state index in [0.29, 0.717) is 17.8 Å². The van der Waals surface area contributed by atoms with Gasteiger partial charge in [0.1, 0.15) is 16.9 Å². The van der Waals surface area contributed by atoms with Crippen LogP contribution in [0.2, 0.25) is 0 Å². The molecule has 1 aromatic heterocycles. The minimum absolute atomic E-state index is 0.00526. The maximum Gasteiger partial charge on any atom is 0.350 e. The zero-order valence-electron chi connectivity index (χ0n) is 17.0. The van der Waals surface area contributed by atoms with Crippen LogP contribution in [0.3, 0.4) is 0 Å². The van der Waals surface area contributed by atoms with Crippen LogP contribution in [-0.2, 0) is 6.42 Å². The van der Waals surface area contributed by atoms with E-state index in [-0.39, 0.29) is 11.4 Å². The van der Waals surface area contributed by atoms with Gasteiger partial charge in [0.25, 0.3) is 5.88 Å². The summed E-state index contributed by atoms with van der Waals surface area (Å²) in [5.41, 5.74) is 2.67. The van der Waals surface area contributed by atoms with Gasteiger partial charge in [0.2, 0.25) is 0 Å². The Morgan fingerprint density at radius 3 is 2.00 bits per heavy atom. The highest BCUT2D eigenvalue weighted by Gasteiger charge is 2.31. The van der Waals surface area contributed by atoms with Crippen molar-refractivity contribution in [2.24, 2.45) is 0 Å². The van der Waals surface area contributed by atoms with Gasteiger partial charge in [-0.2, -0.15) is 9.13 Å². The second-order valence-corrected chi connectivity index (χ2v) is 7.24. The average Bonchev–Trinajstić information content (AvgIpc) is 2.80. The molecule has 1 N–H and O–H groups in total. The first kappa shape index (κ1) is 19.6. The van der Waals surface area contributed by atoms with Gasteiger partial charge < -0.3 is 5.11 Å². The summed E-state index contributed by atoms with van der Waals surface area (Å²) in [5, 5.41) is 11.3. The van der Waals surface area contributed by atoms with Gasteiger partial charge in [-0.15, -0.1) is 0 Å². The second kappa shape index (κ2) is 8.78. The lowest BCUT2D eigenvalue weighted by Gasteiger charge is -2.15. The number of para-hydroxylation sites is 2. The molecule has 3 aromatic carbocycles. The zero-order valence-corrected chi connectivity index (χ0v) is 17.0. The maximum atomic E-state index is 13.7. The smallest absolute Gasteiger partial charge is 0.350 e. The summed E-state index contributed by atoms with van der Waals surface area (Å²) in [6.07, 6.45) is 2.29. The molecule has 30 heavy (non-hydrogen) atoms. The van der Waals surface area contributed by atoms with E-state index >= 15 is 0 Å². The molecule has 0 aliphatic carbocycles. The summed E-state index contributed by atoms with van der Waals surface area (Å²) in [4.78, 5) is 13.7. The Hall–Kier alpha value is -3.66. The van der Waals surface area contributed by atoms with Gasteiger partial charge in [-0.1, -0.05) is 67.9 Å². The van der Waals surface area contributed by atoms with Crippen molar-refractivity contribution in [3.8, 4) is 28.6 Å². The largest absolute Gasteiger partial charge is 0.477 e. The van der Waals surface area contributed by atoms with E-state index in [0.717, 1.165) is 29.8 Å². The molecule has 0 saturated carbocycles. The fraction of sp³-hybridized carbons (Fsp3) is 0.154. The molecular formula is C26H25N2O2+. The van der Waals surface area contributed by atoms with Crippen LogP contribution in [0, 0.1) is 0 Å². The molecule has 0 aliphatic heterocycles. The molecule has 4 aromatic rings. The van der Waals surface area contributed by atoms with Crippen LogP contribution in [0.4, 0.5) is 0 Å². The maximum absolute atomic E-state index is 13.7. The van der Waals surface area contributed by atoms with Crippen molar-refractivity contribution in [2.45, 2.75) is 26.2 Å². The normalized spacial score (nSPS) is 10.8. The summed E-state index contributed by atoms with van der Waals surface area (Å²) < 4.78 is 3.50. The number of benzene rings is 3. The summed E-state index contributed by atoms with van der Waals surface area (Å²) in [5.74, 6) is 0.626. The summed E-state index contributed by atoms with van der Waals surface area (Å²) in [7, 11) is 0. The number of rotatable bonds is 6. The van der Waals surface area contributed by atoms with Crippen molar-refractivity contribution in [3.63, 3.8) is 0 Å². The molecule has 4 nitrogen and oxygen atoms in total. The lowest BCUT2D eigenvalue weighted by atomic mass is 10.1. The van der Waals surface area contributed by atoms with E-state index < -0.39 is 0 Å². The number of hydrogen-bond donors (Lipinski definition) is 1. The van der Waals surface area contributed by atoms with E-state index in [1.165, 1.54) is 0 Å². The fourth-order valence-electron chi connectivity index (χ4n) is 3.72. The monoisotopic (exact) mass is 397 g/mol. The van der Waals surface area contributed by atoms with Crippen LogP contribution in [0.5, 0.6) is 5.88 Å². The summed E-state index contributed by atoms with van der Waals surface area (Å²) in [6, 6.07) is 29.0. The first-order valence-corrected chi connectivity index (χ1v) is 10.3. The topological polar surface area (TPSA) is 46.1 Å². The molecule has 0 atom stereocenters. The van der Waals surface area contributed by atoms with Crippen molar-refractivity contribution in [2.75, 3.05) is 0 Å². The Labute approximate surface area is 176 Å². The minimum Gasteiger partial charge on any atom is -0.477 e. The number of hydrogen-bond acceptors (Lipinski definition) is 2. The first-order chi connectivity index (χ1) is 14.7. The molecule has 0 fully saturated rings. The molecule has 4 rings (SSSR count). The Balaban J connectivity index is 2.16. The minimum atomic E-state index is -0.182. The Bertz CT molecular complexity index is 1180. The first-order valence-electron chi connectivity index (χ1n) is 10.3. The van der Waals surface area contributed by atoms with E-state index in [9.17, 15) is 9.90 Å². The SMILES string of the molecule is CCCCc1c(O)[n+](-c2ccccc2)c(-c2ccccc2)n(-c2ccccc2)c1=O. The van der Waals surface area contributed by atoms with E-state index in [1.807, 2.05) is 91.0 Å². The molecule has 0 spiro atoms. The zero-order chi connectivity index (χ0) is 20.9. The Morgan fingerprint density at radius 2 is 1.40 bits per heavy atom. The van der Waals surface area contributed by atoms with Gasteiger partial charge in [0, 0.05) is 0 Å². The van der Waals surface area contributed by atoms with Crippen molar-refractivity contribution in [1.82, 2.24) is 4.57 Å². The molecular weight excluding hydrogens is 372 g/mol. The number of nitrogens with zero attached hydrogens (tertiary/aromatic N) is 2. The highest BCUT2D eigenvalue weighted by atomic mass is 16.3. The molecule has 0 radical (unpaired) electrons. The van der Waals surface area contributed by atoms with Crippen molar-refractivity contribution >= 4 is 0 Å². The van der Waals surface area contributed by atoms with Crippen LogP contribution in [-0.4, -0.2) is 9.67 Å². The van der Waals surface area contributed by atoms with Crippen molar-refractivity contribution in [1.29, 1.82) is 0 Å². The van der Waals surface area contributed by atoms with Gasteiger partial charge in [-0.05, 0) is 49.2 Å². The van der Waals surface area contributed by atoms with Crippen LogP contribution in [0.25, 0.3) is 22.8 Å². The lowest BCUT2D eigenvalue weighted by molar-refractivity contribution is -0.597. The standard InChI is InChI=1S/C26H24N2O2/c1-2-3-19-23-25(29)27(21-15-9-5-10-16-21)24(20-13-7-4-8-14-20)28(26(23)30)22-17-11-6-12-18-22/h4-18H,2-3,19H2,1H3/p+1. The van der Waals surface area contributed by atoms with E-state index in [4.69, 9.17) is 0 Å². The van der Waals surface area contributed by atoms with Gasteiger partial charge >= 0.3 is 11.4 Å². The predicted molar refractivity (Wildman–Crippen MR) is 119 cm³/mol. The molecule has 0 bridgehead atoms. The quantitative estimate of drug-likeness (QED) is 0.474. The number of aromatic nitrogens is 2. The van der Waals surface area contributed by atoms with Gasteiger partial charge in [-0.3, -0.25) is 0 Å². The lowest BCUT2D eigenvalue weighted by Crippen LogP contribution is -2.43. The average molecular weight is 397 g/mol. The molecule has 0 aliphatic rings. The predicted octanol–water partition coefficient (Wildman–Crippen LogP) is 4.83. The van der Waals surface area contributed by atoms with Crippen molar-refractivity contribution in [3.05, 3.63) is 107 Å². The highest BCUT2D eigenvalue weighted by Crippen LogP contribution is 2.24. The molecule has 1 heterocycles. The number of unbranched alkanes of at least 4 members (excludes halogenated alkanes) is 1. The van der Waals surface area contributed by atoms with Crippen molar-refractivity contribution < 1.29 is 9.67 Å². The molecule has 4 heteroatoms. The van der Waals surface area contributed by atoms with Crippen LogP contribution >= 0.6 is 0 Å². The van der Waals surface area contributed by atoms with Crippen LogP contribution in [0.15, 0.2) is 95.8 Å². The van der Waals surface area contributed by atoms with Gasteiger partial charge in [0.15, 0.2) is 0 Å². The molecule has 0 unspecified atom stereocenters. The number of aromatic hydroxyl groups is 1. The van der Waals surface area contributed by atoms with E-state index in [1.54, 1.807) is 9.13 Å². The van der Waals surface area contributed by atoms with E-state index in [2.05, 4.69) is 6.92 Å². The highest BCUT2D eigenvalue weighted by molar-refractivity contribution is 5.57. The van der Waals surface area contributed by atoms with Crippen LogP contribution < -0.4 is 10.1 Å². The third-order valence-electron chi connectivity index (χ3n) is 5.21. The Kier molecular flexibility index (Phi) is 5.75. The summed E-state index contributed by atoms with van der Waals surface area (Å²) in [6.45, 7) is 2.08. The molecule has 0 saturated heterocycles. The third kappa shape index (κ3) is 3.64. The van der Waals surface area contributed by atoms with Gasteiger partial charge in [-0.25, -0.2) is 4.79 Å². The van der Waals surface area contributed by atoms with Crippen LogP contribution in [0.1, 0.15) is 25.3 Å². The second-order valence-electron chi connectivity index (χ2n) is 7.24. The third-order valence-corrected chi connectivity index (χ3v) is 5.21. The van der Waals surface area contributed by atoms with Gasteiger partial charge in [0.05, 0.1) is 5.56 Å². The Morgan fingerprint density at radius 1 is 0.833 bits per heavy atom. The molecule has 150 valence electrons. The fourth-order valence-corrected chi connectivity index (χ4v) is 3.72.